The second kappa shape index (κ2) is 7.28. The number of aliphatic hydroxyl groups excluding tert-OH is 1. The smallest absolute Gasteiger partial charge is 0.335 e. The Labute approximate surface area is 81.7 Å². The van der Waals surface area contributed by atoms with E-state index in [0.29, 0.717) is 13.0 Å². The molecule has 0 aromatic rings. The molecule has 0 heterocycles. The van der Waals surface area contributed by atoms with E-state index in [1.165, 1.54) is 0 Å². The van der Waals surface area contributed by atoms with E-state index in [1.807, 2.05) is 0 Å². The largest absolute Gasteiger partial charge is 0.481 e. The van der Waals surface area contributed by atoms with E-state index >= 15 is 0 Å². The molecule has 14 heavy (non-hydrogen) atoms. The molecule has 0 aromatic carbocycles. The maximum absolute atomic E-state index is 10.9. The quantitative estimate of drug-likeness (QED) is 0.367. The number of esters is 1. The van der Waals surface area contributed by atoms with Crippen LogP contribution < -0.4 is 5.73 Å². The summed E-state index contributed by atoms with van der Waals surface area (Å²) in [5.74, 6) is -2.14. The van der Waals surface area contributed by atoms with E-state index in [2.05, 4.69) is 4.74 Å². The van der Waals surface area contributed by atoms with Crippen molar-refractivity contribution in [3.63, 3.8) is 0 Å². The van der Waals surface area contributed by atoms with E-state index in [1.54, 1.807) is 0 Å². The molecule has 6 nitrogen and oxygen atoms in total. The van der Waals surface area contributed by atoms with E-state index in [0.717, 1.165) is 6.42 Å². The Morgan fingerprint density at radius 3 is 2.50 bits per heavy atom. The van der Waals surface area contributed by atoms with Crippen LogP contribution in [0, 0.1) is 0 Å². The fourth-order valence-corrected chi connectivity index (χ4v) is 0.764. The monoisotopic (exact) mass is 205 g/mol. The molecular formula is C8H15NO5. The summed E-state index contributed by atoms with van der Waals surface area (Å²) in [4.78, 5) is 21.0. The Bertz CT molecular complexity index is 194. The molecule has 0 radical (unpaired) electrons. The Kier molecular flexibility index (Phi) is 6.69. The van der Waals surface area contributed by atoms with Gasteiger partial charge in [0.25, 0.3) is 0 Å². The number of carboxylic acids is 1. The van der Waals surface area contributed by atoms with Gasteiger partial charge in [0.15, 0.2) is 6.10 Å². The van der Waals surface area contributed by atoms with Crippen molar-refractivity contribution in [3.8, 4) is 0 Å². The van der Waals surface area contributed by atoms with Crippen LogP contribution in [0.15, 0.2) is 0 Å². The van der Waals surface area contributed by atoms with E-state index in [-0.39, 0.29) is 6.61 Å². The highest BCUT2D eigenvalue weighted by atomic mass is 16.5. The third-order valence-electron chi connectivity index (χ3n) is 1.48. The van der Waals surface area contributed by atoms with Crippen LogP contribution in [0.3, 0.4) is 0 Å². The van der Waals surface area contributed by atoms with Gasteiger partial charge in [-0.1, -0.05) is 0 Å². The van der Waals surface area contributed by atoms with Crippen LogP contribution in [0.25, 0.3) is 0 Å². The molecule has 0 saturated carbocycles. The number of aliphatic hydroxyl groups is 1. The first-order valence-corrected chi connectivity index (χ1v) is 4.34. The van der Waals surface area contributed by atoms with Crippen molar-refractivity contribution in [2.75, 3.05) is 13.2 Å². The number of aliphatic carboxylic acids is 1. The minimum atomic E-state index is -1.58. The fourth-order valence-electron chi connectivity index (χ4n) is 0.764. The average Bonchev–Trinajstić information content (AvgIpc) is 2.11. The van der Waals surface area contributed by atoms with E-state index < -0.39 is 24.5 Å². The lowest BCUT2D eigenvalue weighted by Gasteiger charge is -2.07. The lowest BCUT2D eigenvalue weighted by Crippen LogP contribution is -2.26. The third kappa shape index (κ3) is 6.38. The molecule has 6 heteroatoms. The zero-order valence-corrected chi connectivity index (χ0v) is 7.81. The van der Waals surface area contributed by atoms with Gasteiger partial charge < -0.3 is 20.7 Å². The number of hydrogen-bond acceptors (Lipinski definition) is 5. The molecule has 0 amide bonds. The predicted molar refractivity (Wildman–Crippen MR) is 47.5 cm³/mol. The second-order valence-corrected chi connectivity index (χ2v) is 2.78. The molecule has 0 aliphatic heterocycles. The first-order chi connectivity index (χ1) is 6.57. The molecule has 0 aliphatic carbocycles. The van der Waals surface area contributed by atoms with Crippen LogP contribution in [0.4, 0.5) is 0 Å². The van der Waals surface area contributed by atoms with Gasteiger partial charge in [-0.3, -0.25) is 4.79 Å². The molecule has 82 valence electrons. The normalized spacial score (nSPS) is 12.1. The standard InChI is InChI=1S/C8H15NO5/c9-3-1-2-4-14-8(13)6(10)5-7(11)12/h6,10H,1-5,9H2,(H,11,12)/t6-/m0/s1. The van der Waals surface area contributed by atoms with Crippen LogP contribution in [-0.4, -0.2) is 41.4 Å². The van der Waals surface area contributed by atoms with E-state index in [9.17, 15) is 9.59 Å². The van der Waals surface area contributed by atoms with Gasteiger partial charge in [-0.2, -0.15) is 0 Å². The highest BCUT2D eigenvalue weighted by molar-refractivity contribution is 5.80. The minimum absolute atomic E-state index is 0.159. The average molecular weight is 205 g/mol. The van der Waals surface area contributed by atoms with Gasteiger partial charge in [-0.05, 0) is 19.4 Å². The summed E-state index contributed by atoms with van der Waals surface area (Å²) in [6.07, 6.45) is -0.870. The van der Waals surface area contributed by atoms with Crippen molar-refractivity contribution in [2.24, 2.45) is 5.73 Å². The zero-order chi connectivity index (χ0) is 11.0. The minimum Gasteiger partial charge on any atom is -0.481 e. The van der Waals surface area contributed by atoms with Crippen molar-refractivity contribution >= 4 is 11.9 Å². The van der Waals surface area contributed by atoms with Crippen molar-refractivity contribution in [1.82, 2.24) is 0 Å². The molecule has 4 N–H and O–H groups in total. The highest BCUT2D eigenvalue weighted by Crippen LogP contribution is 1.97. The molecule has 0 fully saturated rings. The highest BCUT2D eigenvalue weighted by Gasteiger charge is 2.19. The van der Waals surface area contributed by atoms with Gasteiger partial charge in [0.05, 0.1) is 13.0 Å². The number of rotatable bonds is 7. The maximum atomic E-state index is 10.9. The van der Waals surface area contributed by atoms with Gasteiger partial charge >= 0.3 is 11.9 Å². The fraction of sp³-hybridized carbons (Fsp3) is 0.750. The van der Waals surface area contributed by atoms with E-state index in [4.69, 9.17) is 15.9 Å². The Hall–Kier alpha value is -1.14. The van der Waals surface area contributed by atoms with Crippen LogP contribution in [-0.2, 0) is 14.3 Å². The van der Waals surface area contributed by atoms with Gasteiger partial charge in [0.2, 0.25) is 0 Å². The van der Waals surface area contributed by atoms with Crippen LogP contribution in [0.2, 0.25) is 0 Å². The summed E-state index contributed by atoms with van der Waals surface area (Å²) in [6.45, 7) is 0.669. The Morgan fingerprint density at radius 1 is 1.36 bits per heavy atom. The molecule has 0 spiro atoms. The number of hydrogen-bond donors (Lipinski definition) is 3. The third-order valence-corrected chi connectivity index (χ3v) is 1.48. The first kappa shape index (κ1) is 12.9. The Morgan fingerprint density at radius 2 is 2.00 bits per heavy atom. The SMILES string of the molecule is NCCCCOC(=O)[C@@H](O)CC(=O)O. The number of carboxylic acid groups (broad SMARTS) is 1. The summed E-state index contributed by atoms with van der Waals surface area (Å²) >= 11 is 0. The lowest BCUT2D eigenvalue weighted by molar-refractivity contribution is -0.158. The number of unbranched alkanes of at least 4 members (excludes halogenated alkanes) is 1. The summed E-state index contributed by atoms with van der Waals surface area (Å²) in [5.41, 5.74) is 5.20. The molecule has 0 aromatic heterocycles. The first-order valence-electron chi connectivity index (χ1n) is 4.34. The van der Waals surface area contributed by atoms with Crippen molar-refractivity contribution < 1.29 is 24.5 Å². The van der Waals surface area contributed by atoms with Crippen molar-refractivity contribution in [1.29, 1.82) is 0 Å². The predicted octanol–water partition coefficient (Wildman–Crippen LogP) is -0.896. The number of ether oxygens (including phenoxy) is 1. The van der Waals surface area contributed by atoms with Gasteiger partial charge in [-0.15, -0.1) is 0 Å². The summed E-state index contributed by atoms with van der Waals surface area (Å²) in [6, 6.07) is 0. The van der Waals surface area contributed by atoms with Crippen LogP contribution in [0.5, 0.6) is 0 Å². The molecule has 0 bridgehead atoms. The topological polar surface area (TPSA) is 110 Å². The van der Waals surface area contributed by atoms with Gasteiger partial charge in [0.1, 0.15) is 0 Å². The van der Waals surface area contributed by atoms with Crippen molar-refractivity contribution in [2.45, 2.75) is 25.4 Å². The van der Waals surface area contributed by atoms with Crippen LogP contribution in [0.1, 0.15) is 19.3 Å². The zero-order valence-electron chi connectivity index (χ0n) is 7.81. The lowest BCUT2D eigenvalue weighted by atomic mass is 10.2. The maximum Gasteiger partial charge on any atom is 0.335 e. The second-order valence-electron chi connectivity index (χ2n) is 2.78. The van der Waals surface area contributed by atoms with Gasteiger partial charge in [-0.25, -0.2) is 4.79 Å². The molecule has 1 atom stereocenters. The molecule has 0 saturated heterocycles. The number of nitrogens with two attached hydrogens (primary N) is 1. The number of carbonyl (C=O) groups is 2. The summed E-state index contributed by atoms with van der Waals surface area (Å²) in [5, 5.41) is 17.2. The molecule has 0 aliphatic rings. The Balaban J connectivity index is 3.57. The van der Waals surface area contributed by atoms with Gasteiger partial charge in [0, 0.05) is 0 Å². The number of carbonyl (C=O) groups excluding carboxylic acids is 1. The summed E-state index contributed by atoms with van der Waals surface area (Å²) in [7, 11) is 0. The van der Waals surface area contributed by atoms with Crippen molar-refractivity contribution in [3.05, 3.63) is 0 Å². The molecule has 0 unspecified atom stereocenters. The molecular weight excluding hydrogens is 190 g/mol. The molecule has 0 rings (SSSR count). The summed E-state index contributed by atoms with van der Waals surface area (Å²) < 4.78 is 4.60. The van der Waals surface area contributed by atoms with Crippen LogP contribution >= 0.6 is 0 Å².